The zero-order valence-electron chi connectivity index (χ0n) is 14.3. The first kappa shape index (κ1) is 17.7. The van der Waals surface area contributed by atoms with E-state index in [-0.39, 0.29) is 6.54 Å². The van der Waals surface area contributed by atoms with Gasteiger partial charge in [-0.05, 0) is 37.5 Å². The lowest BCUT2D eigenvalue weighted by molar-refractivity contribution is -0.109. The number of benzene rings is 2. The minimum Gasteiger partial charge on any atom is -0.444 e. The number of ether oxygens (including phenoxy) is 1. The molecule has 0 aliphatic carbocycles. The van der Waals surface area contributed by atoms with Crippen molar-refractivity contribution >= 4 is 12.4 Å². The number of amides is 1. The molecule has 1 amide bonds. The van der Waals surface area contributed by atoms with Crippen LogP contribution in [-0.4, -0.2) is 24.5 Å². The molecule has 0 saturated carbocycles. The second-order valence-corrected chi connectivity index (χ2v) is 6.61. The van der Waals surface area contributed by atoms with Crippen LogP contribution in [-0.2, 0) is 9.53 Å². The summed E-state index contributed by atoms with van der Waals surface area (Å²) in [7, 11) is 0. The van der Waals surface area contributed by atoms with Crippen molar-refractivity contribution < 1.29 is 14.3 Å². The Kier molecular flexibility index (Phi) is 5.74. The van der Waals surface area contributed by atoms with Gasteiger partial charge in [-0.25, -0.2) is 4.79 Å². The van der Waals surface area contributed by atoms with Gasteiger partial charge in [-0.3, -0.25) is 0 Å². The second-order valence-electron chi connectivity index (χ2n) is 6.61. The van der Waals surface area contributed by atoms with E-state index in [1.165, 1.54) is 0 Å². The summed E-state index contributed by atoms with van der Waals surface area (Å²) in [5, 5.41) is 2.64. The maximum atomic E-state index is 11.7. The summed E-state index contributed by atoms with van der Waals surface area (Å²) in [6.07, 6.45) is 0.324. The van der Waals surface area contributed by atoms with Gasteiger partial charge in [0.25, 0.3) is 0 Å². The average molecular weight is 325 g/mol. The lowest BCUT2D eigenvalue weighted by Gasteiger charge is -2.20. The van der Waals surface area contributed by atoms with Crippen LogP contribution in [0.4, 0.5) is 4.79 Å². The van der Waals surface area contributed by atoms with Gasteiger partial charge in [0.1, 0.15) is 11.9 Å². The van der Waals surface area contributed by atoms with Gasteiger partial charge in [-0.15, -0.1) is 0 Å². The van der Waals surface area contributed by atoms with Crippen molar-refractivity contribution in [3.8, 4) is 11.1 Å². The van der Waals surface area contributed by atoms with Crippen molar-refractivity contribution in [3.63, 3.8) is 0 Å². The van der Waals surface area contributed by atoms with E-state index in [1.54, 1.807) is 20.8 Å². The lowest BCUT2D eigenvalue weighted by Crippen LogP contribution is -2.35. The molecule has 0 spiro atoms. The molecule has 0 bridgehead atoms. The zero-order chi connectivity index (χ0) is 17.6. The number of hydrogen-bond acceptors (Lipinski definition) is 3. The maximum absolute atomic E-state index is 11.7. The normalized spacial score (nSPS) is 12.3. The van der Waals surface area contributed by atoms with Crippen molar-refractivity contribution in [1.82, 2.24) is 5.32 Å². The molecular formula is C20H23NO3. The lowest BCUT2D eigenvalue weighted by atomic mass is 9.97. The fourth-order valence-corrected chi connectivity index (χ4v) is 2.31. The molecule has 0 aromatic heterocycles. The van der Waals surface area contributed by atoms with Crippen molar-refractivity contribution in [2.75, 3.05) is 6.54 Å². The van der Waals surface area contributed by atoms with Crippen LogP contribution < -0.4 is 5.32 Å². The van der Waals surface area contributed by atoms with E-state index in [2.05, 4.69) is 5.32 Å². The first-order valence-corrected chi connectivity index (χ1v) is 7.96. The molecule has 1 N–H and O–H groups in total. The minimum atomic E-state index is -0.557. The van der Waals surface area contributed by atoms with Crippen LogP contribution >= 0.6 is 0 Å². The van der Waals surface area contributed by atoms with Gasteiger partial charge in [-0.2, -0.15) is 0 Å². The van der Waals surface area contributed by atoms with Crippen molar-refractivity contribution in [2.45, 2.75) is 32.3 Å². The van der Waals surface area contributed by atoms with E-state index in [9.17, 15) is 9.59 Å². The molecule has 2 aromatic rings. The van der Waals surface area contributed by atoms with Gasteiger partial charge >= 0.3 is 6.09 Å². The molecule has 0 heterocycles. The minimum absolute atomic E-state index is 0.211. The van der Waals surface area contributed by atoms with Crippen molar-refractivity contribution in [3.05, 3.63) is 60.2 Å². The molecule has 0 fully saturated rings. The molecule has 24 heavy (non-hydrogen) atoms. The molecular weight excluding hydrogens is 302 g/mol. The van der Waals surface area contributed by atoms with E-state index >= 15 is 0 Å². The van der Waals surface area contributed by atoms with E-state index in [0.29, 0.717) is 0 Å². The SMILES string of the molecule is CC(C)(C)OC(=O)NC[C@@H](C=O)c1ccc(-c2ccccc2)cc1. The van der Waals surface area contributed by atoms with Gasteiger partial charge in [0.15, 0.2) is 0 Å². The summed E-state index contributed by atoms with van der Waals surface area (Å²) < 4.78 is 5.18. The standard InChI is InChI=1S/C20H23NO3/c1-20(2,3)24-19(23)21-13-18(14-22)17-11-9-16(10-12-17)15-7-5-4-6-8-15/h4-12,14,18H,13H2,1-3H3,(H,21,23)/t18-/m0/s1. The summed E-state index contributed by atoms with van der Waals surface area (Å²) in [5.41, 5.74) is 2.52. The largest absolute Gasteiger partial charge is 0.444 e. The third kappa shape index (κ3) is 5.23. The predicted octanol–water partition coefficient (Wildman–Crippen LogP) is 4.16. The fourth-order valence-electron chi connectivity index (χ4n) is 2.31. The first-order chi connectivity index (χ1) is 11.4. The molecule has 4 nitrogen and oxygen atoms in total. The van der Waals surface area contributed by atoms with E-state index in [0.717, 1.165) is 23.0 Å². The monoisotopic (exact) mass is 325 g/mol. The molecule has 0 aliphatic heterocycles. The number of rotatable bonds is 5. The highest BCUT2D eigenvalue weighted by molar-refractivity contribution is 5.70. The summed E-state index contributed by atoms with van der Waals surface area (Å²) in [5.74, 6) is -0.401. The summed E-state index contributed by atoms with van der Waals surface area (Å²) in [6, 6.07) is 17.8. The molecule has 0 aliphatic rings. The number of hydrogen-bond donors (Lipinski definition) is 1. The Morgan fingerprint density at radius 1 is 1.04 bits per heavy atom. The number of alkyl carbamates (subject to hydrolysis) is 1. The number of aldehydes is 1. The molecule has 4 heteroatoms. The van der Waals surface area contributed by atoms with Crippen molar-refractivity contribution in [1.29, 1.82) is 0 Å². The van der Waals surface area contributed by atoms with E-state index in [1.807, 2.05) is 54.6 Å². The molecule has 2 aromatic carbocycles. The van der Waals surface area contributed by atoms with Gasteiger partial charge in [0.2, 0.25) is 0 Å². The molecule has 126 valence electrons. The Hall–Kier alpha value is -2.62. The average Bonchev–Trinajstić information content (AvgIpc) is 2.55. The van der Waals surface area contributed by atoms with Crippen LogP contribution in [0, 0.1) is 0 Å². The Balaban J connectivity index is 2.00. The number of nitrogens with one attached hydrogen (secondary N) is 1. The highest BCUT2D eigenvalue weighted by atomic mass is 16.6. The highest BCUT2D eigenvalue weighted by Gasteiger charge is 2.18. The Morgan fingerprint density at radius 2 is 1.62 bits per heavy atom. The van der Waals surface area contributed by atoms with Crippen LogP contribution in [0.15, 0.2) is 54.6 Å². The van der Waals surface area contributed by atoms with Gasteiger partial charge in [0.05, 0.1) is 5.92 Å². The summed E-state index contributed by atoms with van der Waals surface area (Å²) in [6.45, 7) is 5.60. The predicted molar refractivity (Wildman–Crippen MR) is 94.9 cm³/mol. The van der Waals surface area contributed by atoms with Crippen LogP contribution in [0.2, 0.25) is 0 Å². The van der Waals surface area contributed by atoms with Gasteiger partial charge in [0, 0.05) is 6.54 Å². The molecule has 2 rings (SSSR count). The van der Waals surface area contributed by atoms with Crippen molar-refractivity contribution in [2.24, 2.45) is 0 Å². The van der Waals surface area contributed by atoms with E-state index < -0.39 is 17.6 Å². The topological polar surface area (TPSA) is 55.4 Å². The first-order valence-electron chi connectivity index (χ1n) is 7.96. The molecule has 0 unspecified atom stereocenters. The van der Waals surface area contributed by atoms with Crippen LogP contribution in [0.3, 0.4) is 0 Å². The highest BCUT2D eigenvalue weighted by Crippen LogP contribution is 2.22. The van der Waals surface area contributed by atoms with Crippen LogP contribution in [0.25, 0.3) is 11.1 Å². The summed E-state index contributed by atoms with van der Waals surface area (Å²) in [4.78, 5) is 23.1. The Labute approximate surface area is 142 Å². The van der Waals surface area contributed by atoms with Crippen LogP contribution in [0.5, 0.6) is 0 Å². The Bertz CT molecular complexity index is 672. The molecule has 1 atom stereocenters. The molecule has 0 saturated heterocycles. The van der Waals surface area contributed by atoms with Gasteiger partial charge in [-0.1, -0.05) is 54.6 Å². The number of carbonyl (C=O) groups is 2. The molecule has 0 radical (unpaired) electrons. The second kappa shape index (κ2) is 7.77. The zero-order valence-corrected chi connectivity index (χ0v) is 14.3. The quantitative estimate of drug-likeness (QED) is 0.840. The third-order valence-corrected chi connectivity index (χ3v) is 3.48. The van der Waals surface area contributed by atoms with E-state index in [4.69, 9.17) is 4.74 Å². The number of carbonyl (C=O) groups excluding carboxylic acids is 2. The smallest absolute Gasteiger partial charge is 0.407 e. The maximum Gasteiger partial charge on any atom is 0.407 e. The van der Waals surface area contributed by atoms with Gasteiger partial charge < -0.3 is 14.8 Å². The third-order valence-electron chi connectivity index (χ3n) is 3.48. The fraction of sp³-hybridized carbons (Fsp3) is 0.300. The summed E-state index contributed by atoms with van der Waals surface area (Å²) >= 11 is 0. The Morgan fingerprint density at radius 3 is 2.17 bits per heavy atom. The van der Waals surface area contributed by atoms with Crippen LogP contribution in [0.1, 0.15) is 32.3 Å².